The SMILES string of the molecule is Cc1ccc(C(C)C)c(OC(C)C(=O)NCC(C)C(=O)O)c1. The predicted octanol–water partition coefficient (Wildman–Crippen LogP) is 2.72. The lowest BCUT2D eigenvalue weighted by Gasteiger charge is -2.19. The van der Waals surface area contributed by atoms with Crippen LogP contribution in [-0.4, -0.2) is 29.6 Å². The third-order valence-electron chi connectivity index (χ3n) is 3.47. The second-order valence-electron chi connectivity index (χ2n) is 5.94. The molecule has 0 aliphatic heterocycles. The summed E-state index contributed by atoms with van der Waals surface area (Å²) in [6, 6.07) is 5.94. The quantitative estimate of drug-likeness (QED) is 0.812. The fourth-order valence-corrected chi connectivity index (χ4v) is 1.95. The molecule has 1 rings (SSSR count). The molecule has 5 nitrogen and oxygen atoms in total. The molecule has 1 aromatic rings. The van der Waals surface area contributed by atoms with E-state index in [-0.39, 0.29) is 18.4 Å². The highest BCUT2D eigenvalue weighted by Gasteiger charge is 2.19. The van der Waals surface area contributed by atoms with Crippen LogP contribution in [0.1, 0.15) is 44.7 Å². The van der Waals surface area contributed by atoms with Crippen molar-refractivity contribution >= 4 is 11.9 Å². The number of hydrogen-bond acceptors (Lipinski definition) is 3. The van der Waals surface area contributed by atoms with Gasteiger partial charge in [-0.25, -0.2) is 0 Å². The highest BCUT2D eigenvalue weighted by atomic mass is 16.5. The molecule has 0 spiro atoms. The van der Waals surface area contributed by atoms with Crippen molar-refractivity contribution in [2.24, 2.45) is 5.92 Å². The van der Waals surface area contributed by atoms with E-state index in [0.717, 1.165) is 11.1 Å². The van der Waals surface area contributed by atoms with Gasteiger partial charge in [0.25, 0.3) is 5.91 Å². The molecule has 2 unspecified atom stereocenters. The second kappa shape index (κ2) is 7.82. The smallest absolute Gasteiger partial charge is 0.308 e. The van der Waals surface area contributed by atoms with Gasteiger partial charge in [0.2, 0.25) is 0 Å². The Morgan fingerprint density at radius 1 is 1.23 bits per heavy atom. The van der Waals surface area contributed by atoms with Gasteiger partial charge in [-0.1, -0.05) is 32.9 Å². The summed E-state index contributed by atoms with van der Waals surface area (Å²) in [4.78, 5) is 22.8. The number of carboxylic acids is 1. The fourth-order valence-electron chi connectivity index (χ4n) is 1.95. The van der Waals surface area contributed by atoms with E-state index in [1.807, 2.05) is 25.1 Å². The van der Waals surface area contributed by atoms with Crippen LogP contribution >= 0.6 is 0 Å². The molecule has 0 aliphatic rings. The number of aryl methyl sites for hydroxylation is 1. The molecule has 0 heterocycles. The first kappa shape index (κ1) is 18.0. The zero-order valence-electron chi connectivity index (χ0n) is 13.8. The van der Waals surface area contributed by atoms with Gasteiger partial charge in [-0.05, 0) is 37.0 Å². The third kappa shape index (κ3) is 5.06. The standard InChI is InChI=1S/C17H25NO4/c1-10(2)14-7-6-11(3)8-15(14)22-13(5)16(19)18-9-12(4)17(20)21/h6-8,10,12-13H,9H2,1-5H3,(H,18,19)(H,20,21). The summed E-state index contributed by atoms with van der Waals surface area (Å²) in [7, 11) is 0. The first-order valence-corrected chi connectivity index (χ1v) is 7.50. The summed E-state index contributed by atoms with van der Waals surface area (Å²) in [6.07, 6.45) is -0.680. The Bertz CT molecular complexity index is 539. The van der Waals surface area contributed by atoms with Gasteiger partial charge in [0, 0.05) is 6.54 Å². The Labute approximate surface area is 131 Å². The molecule has 5 heteroatoms. The molecule has 0 saturated carbocycles. The minimum atomic E-state index is -0.936. The first-order valence-electron chi connectivity index (χ1n) is 7.50. The molecule has 0 saturated heterocycles. The first-order chi connectivity index (χ1) is 10.2. The summed E-state index contributed by atoms with van der Waals surface area (Å²) < 4.78 is 5.78. The van der Waals surface area contributed by atoms with Gasteiger partial charge in [0.05, 0.1) is 5.92 Å². The van der Waals surface area contributed by atoms with E-state index >= 15 is 0 Å². The highest BCUT2D eigenvalue weighted by Crippen LogP contribution is 2.28. The molecule has 122 valence electrons. The highest BCUT2D eigenvalue weighted by molar-refractivity contribution is 5.81. The third-order valence-corrected chi connectivity index (χ3v) is 3.47. The van der Waals surface area contributed by atoms with Crippen LogP contribution in [0.2, 0.25) is 0 Å². The Morgan fingerprint density at radius 2 is 1.86 bits per heavy atom. The van der Waals surface area contributed by atoms with Gasteiger partial charge < -0.3 is 15.2 Å². The number of amides is 1. The maximum Gasteiger partial charge on any atom is 0.308 e. The van der Waals surface area contributed by atoms with E-state index in [2.05, 4.69) is 19.2 Å². The number of carbonyl (C=O) groups is 2. The van der Waals surface area contributed by atoms with E-state index in [4.69, 9.17) is 9.84 Å². The van der Waals surface area contributed by atoms with Gasteiger partial charge in [-0.15, -0.1) is 0 Å². The van der Waals surface area contributed by atoms with E-state index in [9.17, 15) is 9.59 Å². The minimum absolute atomic E-state index is 0.0900. The van der Waals surface area contributed by atoms with E-state index < -0.39 is 18.0 Å². The van der Waals surface area contributed by atoms with Crippen LogP contribution in [-0.2, 0) is 9.59 Å². The normalized spacial score (nSPS) is 13.5. The average Bonchev–Trinajstić information content (AvgIpc) is 2.43. The Balaban J connectivity index is 2.72. The summed E-state index contributed by atoms with van der Waals surface area (Å²) in [6.45, 7) is 9.40. The number of carboxylic acid groups (broad SMARTS) is 1. The van der Waals surface area contributed by atoms with Crippen molar-refractivity contribution < 1.29 is 19.4 Å². The molecule has 2 atom stereocenters. The van der Waals surface area contributed by atoms with Crippen molar-refractivity contribution in [1.82, 2.24) is 5.32 Å². The summed E-state index contributed by atoms with van der Waals surface area (Å²) in [5.74, 6) is -0.887. The second-order valence-corrected chi connectivity index (χ2v) is 5.94. The average molecular weight is 307 g/mol. The molecule has 1 amide bonds. The van der Waals surface area contributed by atoms with Crippen molar-refractivity contribution in [3.8, 4) is 5.75 Å². The predicted molar refractivity (Wildman–Crippen MR) is 85.2 cm³/mol. The number of rotatable bonds is 7. The maximum absolute atomic E-state index is 12.0. The Kier molecular flexibility index (Phi) is 6.40. The minimum Gasteiger partial charge on any atom is -0.481 e. The fraction of sp³-hybridized carbons (Fsp3) is 0.529. The van der Waals surface area contributed by atoms with E-state index in [0.29, 0.717) is 5.75 Å². The zero-order valence-corrected chi connectivity index (χ0v) is 13.8. The van der Waals surface area contributed by atoms with Crippen molar-refractivity contribution in [2.75, 3.05) is 6.54 Å². The van der Waals surface area contributed by atoms with Crippen LogP contribution in [0, 0.1) is 12.8 Å². The molecule has 0 aliphatic carbocycles. The maximum atomic E-state index is 12.0. The molecular weight excluding hydrogens is 282 g/mol. The van der Waals surface area contributed by atoms with Crippen LogP contribution in [0.4, 0.5) is 0 Å². The van der Waals surface area contributed by atoms with Crippen LogP contribution < -0.4 is 10.1 Å². The number of hydrogen-bond donors (Lipinski definition) is 2. The van der Waals surface area contributed by atoms with Gasteiger partial charge >= 0.3 is 5.97 Å². The summed E-state index contributed by atoms with van der Waals surface area (Å²) in [5.41, 5.74) is 2.11. The molecule has 22 heavy (non-hydrogen) atoms. The molecule has 1 aromatic carbocycles. The van der Waals surface area contributed by atoms with E-state index in [1.165, 1.54) is 0 Å². The lowest BCUT2D eigenvalue weighted by atomic mass is 10.0. The van der Waals surface area contributed by atoms with Crippen LogP contribution in [0.5, 0.6) is 5.75 Å². The molecule has 2 N–H and O–H groups in total. The van der Waals surface area contributed by atoms with Gasteiger partial charge in [-0.2, -0.15) is 0 Å². The van der Waals surface area contributed by atoms with Crippen LogP contribution in [0.15, 0.2) is 18.2 Å². The lowest BCUT2D eigenvalue weighted by Crippen LogP contribution is -2.39. The molecule has 0 fully saturated rings. The zero-order chi connectivity index (χ0) is 16.9. The number of ether oxygens (including phenoxy) is 1. The van der Waals surface area contributed by atoms with Gasteiger partial charge in [0.1, 0.15) is 5.75 Å². The number of nitrogens with one attached hydrogen (secondary N) is 1. The summed E-state index contributed by atoms with van der Waals surface area (Å²) >= 11 is 0. The van der Waals surface area contributed by atoms with E-state index in [1.54, 1.807) is 13.8 Å². The monoisotopic (exact) mass is 307 g/mol. The van der Waals surface area contributed by atoms with Crippen molar-refractivity contribution in [2.45, 2.75) is 46.6 Å². The summed E-state index contributed by atoms with van der Waals surface area (Å²) in [5, 5.41) is 11.4. The Morgan fingerprint density at radius 3 is 2.41 bits per heavy atom. The lowest BCUT2D eigenvalue weighted by molar-refractivity contribution is -0.141. The number of carbonyl (C=O) groups excluding carboxylic acids is 1. The number of benzene rings is 1. The Hall–Kier alpha value is -2.04. The van der Waals surface area contributed by atoms with Crippen LogP contribution in [0.3, 0.4) is 0 Å². The van der Waals surface area contributed by atoms with Crippen molar-refractivity contribution in [3.05, 3.63) is 29.3 Å². The molecule has 0 radical (unpaired) electrons. The van der Waals surface area contributed by atoms with Gasteiger partial charge in [-0.3, -0.25) is 9.59 Å². The van der Waals surface area contributed by atoms with Crippen LogP contribution in [0.25, 0.3) is 0 Å². The van der Waals surface area contributed by atoms with Crippen molar-refractivity contribution in [1.29, 1.82) is 0 Å². The van der Waals surface area contributed by atoms with Gasteiger partial charge in [0.15, 0.2) is 6.10 Å². The molecular formula is C17H25NO4. The number of aliphatic carboxylic acids is 1. The molecule has 0 bridgehead atoms. The molecule has 0 aromatic heterocycles. The topological polar surface area (TPSA) is 75.6 Å². The largest absolute Gasteiger partial charge is 0.481 e. The van der Waals surface area contributed by atoms with Crippen molar-refractivity contribution in [3.63, 3.8) is 0 Å².